The fourth-order valence-corrected chi connectivity index (χ4v) is 4.85. The van der Waals surface area contributed by atoms with E-state index in [1.54, 1.807) is 0 Å². The van der Waals surface area contributed by atoms with Crippen LogP contribution >= 0.6 is 11.6 Å². The molecule has 0 bridgehead atoms. The van der Waals surface area contributed by atoms with Crippen molar-refractivity contribution in [2.75, 3.05) is 12.1 Å². The van der Waals surface area contributed by atoms with E-state index in [-0.39, 0.29) is 18.6 Å². The molecule has 0 radical (unpaired) electrons. The first-order chi connectivity index (χ1) is 15.9. The van der Waals surface area contributed by atoms with Crippen molar-refractivity contribution >= 4 is 34.7 Å². The van der Waals surface area contributed by atoms with Gasteiger partial charge in [0.2, 0.25) is 18.6 Å². The van der Waals surface area contributed by atoms with Crippen molar-refractivity contribution < 1.29 is 19.1 Å². The van der Waals surface area contributed by atoms with Gasteiger partial charge in [-0.15, -0.1) is 0 Å². The van der Waals surface area contributed by atoms with E-state index in [1.165, 1.54) is 6.92 Å². The van der Waals surface area contributed by atoms with Gasteiger partial charge < -0.3 is 20.1 Å². The number of ether oxygens (including phenoxy) is 2. The molecule has 2 aliphatic carbocycles. The van der Waals surface area contributed by atoms with Crippen LogP contribution in [0.5, 0.6) is 11.5 Å². The standard InChI is InChI=1S/C26H25ClN2O4/c1-15-3-5-18(12-21(15)20-7-6-19(13-22(20)27)28-16(2)30)29-25(31)26(9-10-26)17-4-8-23-24(11-17)33-14-32-23/h3-5,8,11-13H,6-7,9-10,14H2,1-2H3,(H,28,30)(H,29,31). The van der Waals surface area contributed by atoms with Crippen molar-refractivity contribution in [1.82, 2.24) is 5.32 Å². The third kappa shape index (κ3) is 4.11. The molecule has 0 spiro atoms. The molecule has 5 rings (SSSR count). The van der Waals surface area contributed by atoms with Gasteiger partial charge in [-0.3, -0.25) is 9.59 Å². The molecule has 1 aliphatic heterocycles. The van der Waals surface area contributed by atoms with Crippen LogP contribution in [0.2, 0.25) is 0 Å². The maximum Gasteiger partial charge on any atom is 0.235 e. The Morgan fingerprint density at radius 2 is 1.79 bits per heavy atom. The van der Waals surface area contributed by atoms with Crippen LogP contribution in [0.1, 0.15) is 49.3 Å². The van der Waals surface area contributed by atoms with Crippen LogP contribution in [0, 0.1) is 6.92 Å². The molecular weight excluding hydrogens is 440 g/mol. The molecule has 0 saturated heterocycles. The molecule has 2 aromatic rings. The van der Waals surface area contributed by atoms with E-state index in [2.05, 4.69) is 10.6 Å². The molecule has 2 aromatic carbocycles. The maximum atomic E-state index is 13.3. The minimum absolute atomic E-state index is 0.0206. The normalized spacial score (nSPS) is 18.0. The summed E-state index contributed by atoms with van der Waals surface area (Å²) in [6.45, 7) is 3.73. The number of hydrogen-bond donors (Lipinski definition) is 2. The summed E-state index contributed by atoms with van der Waals surface area (Å²) >= 11 is 6.58. The van der Waals surface area contributed by atoms with Gasteiger partial charge in [-0.1, -0.05) is 23.7 Å². The number of halogens is 1. The van der Waals surface area contributed by atoms with Crippen molar-refractivity contribution in [3.8, 4) is 11.5 Å². The summed E-state index contributed by atoms with van der Waals surface area (Å²) in [6, 6.07) is 11.6. The predicted octanol–water partition coefficient (Wildman–Crippen LogP) is 5.16. The Morgan fingerprint density at radius 3 is 2.52 bits per heavy atom. The highest BCUT2D eigenvalue weighted by Gasteiger charge is 2.51. The van der Waals surface area contributed by atoms with Crippen LogP contribution in [0.25, 0.3) is 5.57 Å². The largest absolute Gasteiger partial charge is 0.454 e. The van der Waals surface area contributed by atoms with E-state index in [4.69, 9.17) is 21.1 Å². The molecule has 0 unspecified atom stereocenters. The minimum atomic E-state index is -0.538. The number of carbonyl (C=O) groups excluding carboxylic acids is 2. The highest BCUT2D eigenvalue weighted by molar-refractivity contribution is 6.34. The van der Waals surface area contributed by atoms with Crippen molar-refractivity contribution in [3.63, 3.8) is 0 Å². The SMILES string of the molecule is CC(=O)NC1=CC(Cl)=C(c2cc(NC(=O)C3(c4ccc5c(c4)OCO5)CC3)ccc2C)CC1. The molecule has 2 N–H and O–H groups in total. The van der Waals surface area contributed by atoms with Crippen LogP contribution in [-0.4, -0.2) is 18.6 Å². The zero-order chi connectivity index (χ0) is 23.2. The second kappa shape index (κ2) is 8.27. The Morgan fingerprint density at radius 1 is 1.00 bits per heavy atom. The van der Waals surface area contributed by atoms with E-state index in [0.29, 0.717) is 29.4 Å². The molecule has 0 atom stereocenters. The number of benzene rings is 2. The highest BCUT2D eigenvalue weighted by atomic mass is 35.5. The lowest BCUT2D eigenvalue weighted by Crippen LogP contribution is -2.27. The summed E-state index contributed by atoms with van der Waals surface area (Å²) in [4.78, 5) is 24.7. The molecule has 7 heteroatoms. The van der Waals surface area contributed by atoms with E-state index in [0.717, 1.165) is 46.5 Å². The zero-order valence-corrected chi connectivity index (χ0v) is 19.3. The topological polar surface area (TPSA) is 76.7 Å². The molecule has 2 amide bonds. The summed E-state index contributed by atoms with van der Waals surface area (Å²) in [5.74, 6) is 1.28. The second-order valence-corrected chi connectivity index (χ2v) is 9.22. The second-order valence-electron chi connectivity index (χ2n) is 8.81. The third-order valence-electron chi connectivity index (χ3n) is 6.50. The van der Waals surface area contributed by atoms with Crippen LogP contribution < -0.4 is 20.1 Å². The van der Waals surface area contributed by atoms with E-state index >= 15 is 0 Å². The predicted molar refractivity (Wildman–Crippen MR) is 127 cm³/mol. The van der Waals surface area contributed by atoms with Gasteiger partial charge in [0.25, 0.3) is 0 Å². The number of fused-ring (bicyclic) bond motifs is 1. The van der Waals surface area contributed by atoms with Crippen molar-refractivity contribution in [2.24, 2.45) is 0 Å². The summed E-state index contributed by atoms with van der Waals surface area (Å²) in [6.07, 6.45) is 4.82. The van der Waals surface area contributed by atoms with E-state index in [1.807, 2.05) is 49.4 Å². The number of nitrogens with one attached hydrogen (secondary N) is 2. The molecule has 1 fully saturated rings. The maximum absolute atomic E-state index is 13.3. The van der Waals surface area contributed by atoms with Crippen molar-refractivity contribution in [2.45, 2.75) is 44.9 Å². The molecule has 1 heterocycles. The average molecular weight is 465 g/mol. The zero-order valence-electron chi connectivity index (χ0n) is 18.6. The smallest absolute Gasteiger partial charge is 0.235 e. The van der Waals surface area contributed by atoms with Crippen LogP contribution in [0.15, 0.2) is 53.2 Å². The van der Waals surface area contributed by atoms with Gasteiger partial charge in [-0.2, -0.15) is 0 Å². The Balaban J connectivity index is 1.38. The van der Waals surface area contributed by atoms with Crippen LogP contribution in [0.4, 0.5) is 5.69 Å². The summed E-state index contributed by atoms with van der Waals surface area (Å²) in [5.41, 5.74) is 5.06. The molecule has 0 aromatic heterocycles. The molecule has 33 heavy (non-hydrogen) atoms. The average Bonchev–Trinajstić information content (AvgIpc) is 3.46. The van der Waals surface area contributed by atoms with Crippen molar-refractivity contribution in [1.29, 1.82) is 0 Å². The van der Waals surface area contributed by atoms with Crippen LogP contribution in [0.3, 0.4) is 0 Å². The first kappa shape index (κ1) is 21.6. The summed E-state index contributed by atoms with van der Waals surface area (Å²) in [7, 11) is 0. The van der Waals surface area contributed by atoms with Crippen molar-refractivity contribution in [3.05, 3.63) is 69.9 Å². The van der Waals surface area contributed by atoms with Gasteiger partial charge in [0, 0.05) is 23.3 Å². The number of hydrogen-bond acceptors (Lipinski definition) is 4. The van der Waals surface area contributed by atoms with Crippen LogP contribution in [-0.2, 0) is 15.0 Å². The number of amides is 2. The monoisotopic (exact) mass is 464 g/mol. The molecule has 3 aliphatic rings. The van der Waals surface area contributed by atoms with E-state index in [9.17, 15) is 9.59 Å². The van der Waals surface area contributed by atoms with Gasteiger partial charge in [-0.25, -0.2) is 0 Å². The first-order valence-electron chi connectivity index (χ1n) is 11.1. The first-order valence-corrected chi connectivity index (χ1v) is 11.4. The quantitative estimate of drug-likeness (QED) is 0.641. The molecule has 6 nitrogen and oxygen atoms in total. The number of anilines is 1. The Bertz CT molecular complexity index is 1230. The Hall–Kier alpha value is -3.25. The van der Waals surface area contributed by atoms with Gasteiger partial charge in [0.15, 0.2) is 11.5 Å². The fourth-order valence-electron chi connectivity index (χ4n) is 4.52. The van der Waals surface area contributed by atoms with Gasteiger partial charge >= 0.3 is 0 Å². The lowest BCUT2D eigenvalue weighted by atomic mass is 9.91. The van der Waals surface area contributed by atoms with Gasteiger partial charge in [0.05, 0.1) is 5.41 Å². The lowest BCUT2D eigenvalue weighted by Gasteiger charge is -2.21. The Kier molecular flexibility index (Phi) is 5.41. The summed E-state index contributed by atoms with van der Waals surface area (Å²) < 4.78 is 10.9. The number of allylic oxidation sites excluding steroid dienone is 4. The van der Waals surface area contributed by atoms with Gasteiger partial charge in [0.1, 0.15) is 0 Å². The summed E-state index contributed by atoms with van der Waals surface area (Å²) in [5, 5.41) is 6.55. The fraction of sp³-hybridized carbons (Fsp3) is 0.308. The number of carbonyl (C=O) groups is 2. The minimum Gasteiger partial charge on any atom is -0.454 e. The lowest BCUT2D eigenvalue weighted by molar-refractivity contribution is -0.119. The highest BCUT2D eigenvalue weighted by Crippen LogP contribution is 2.51. The Labute approximate surface area is 197 Å². The van der Waals surface area contributed by atoms with Gasteiger partial charge in [-0.05, 0) is 85.2 Å². The molecular formula is C26H25ClN2O4. The molecule has 1 saturated carbocycles. The number of aryl methyl sites for hydroxylation is 1. The third-order valence-corrected chi connectivity index (χ3v) is 6.84. The van der Waals surface area contributed by atoms with E-state index < -0.39 is 5.41 Å². The molecule has 170 valence electrons. The number of rotatable bonds is 5.